The van der Waals surface area contributed by atoms with E-state index in [0.29, 0.717) is 6.04 Å². The number of likely N-dealkylation sites (tertiary alicyclic amines) is 1. The van der Waals surface area contributed by atoms with E-state index in [4.69, 9.17) is 14.4 Å². The molecule has 5 nitrogen and oxygen atoms in total. The zero-order valence-electron chi connectivity index (χ0n) is 15.2. The summed E-state index contributed by atoms with van der Waals surface area (Å²) < 4.78 is 14.4. The third-order valence-corrected chi connectivity index (χ3v) is 5.82. The molecule has 3 heterocycles. The average molecular weight is 327 g/mol. The number of hydrogen-bond donors (Lipinski definition) is 0. The second-order valence-electron chi connectivity index (χ2n) is 8.22. The van der Waals surface area contributed by atoms with Gasteiger partial charge in [0.1, 0.15) is 0 Å². The van der Waals surface area contributed by atoms with Gasteiger partial charge in [-0.05, 0) is 59.2 Å². The van der Waals surface area contributed by atoms with Gasteiger partial charge in [-0.15, -0.1) is 0 Å². The summed E-state index contributed by atoms with van der Waals surface area (Å²) in [6, 6.07) is 6.80. The van der Waals surface area contributed by atoms with Crippen LogP contribution in [0.2, 0.25) is 0 Å². The molecule has 0 unspecified atom stereocenters. The number of nitrogens with zero attached hydrogens (tertiary/aromatic N) is 3. The third-order valence-electron chi connectivity index (χ3n) is 5.82. The number of hydrogen-bond acceptors (Lipinski definition) is 4. The molecule has 0 aliphatic carbocycles. The van der Waals surface area contributed by atoms with Crippen LogP contribution >= 0.6 is 0 Å². The molecule has 24 heavy (non-hydrogen) atoms. The number of benzene rings is 1. The van der Waals surface area contributed by atoms with Gasteiger partial charge in [0.05, 0.1) is 22.8 Å². The van der Waals surface area contributed by atoms with E-state index in [-0.39, 0.29) is 18.3 Å². The lowest BCUT2D eigenvalue weighted by Crippen LogP contribution is -2.41. The summed E-state index contributed by atoms with van der Waals surface area (Å²) >= 11 is 0. The first-order chi connectivity index (χ1) is 11.2. The summed E-state index contributed by atoms with van der Waals surface area (Å²) in [5.41, 5.74) is 1.41. The van der Waals surface area contributed by atoms with Gasteiger partial charge in [-0.1, -0.05) is 12.1 Å². The minimum absolute atomic E-state index is 0.319. The Labute approximate surface area is 144 Å². The standard InChI is InChI=1S/C18H26BN3O2/c1-17(2)18(3,4)24-19(23-17)14-7-6-13-11-22(20-16(13)10-14)15-8-9-21(5)12-15/h6-7,10-11,15H,8-9,12H2,1-5H3/t15-/m0/s1. The van der Waals surface area contributed by atoms with E-state index < -0.39 is 0 Å². The molecule has 2 aromatic rings. The van der Waals surface area contributed by atoms with Crippen LogP contribution in [0.3, 0.4) is 0 Å². The fourth-order valence-electron chi connectivity index (χ4n) is 3.49. The van der Waals surface area contributed by atoms with Crippen LogP contribution in [-0.2, 0) is 9.31 Å². The van der Waals surface area contributed by atoms with Crippen molar-refractivity contribution in [2.45, 2.75) is 51.4 Å². The van der Waals surface area contributed by atoms with Crippen LogP contribution in [0.1, 0.15) is 40.2 Å². The fraction of sp³-hybridized carbons (Fsp3) is 0.611. The summed E-state index contributed by atoms with van der Waals surface area (Å²) in [7, 11) is 1.83. The summed E-state index contributed by atoms with van der Waals surface area (Å²) in [5.74, 6) is 0. The normalized spacial score (nSPS) is 26.5. The van der Waals surface area contributed by atoms with E-state index >= 15 is 0 Å². The van der Waals surface area contributed by atoms with Gasteiger partial charge >= 0.3 is 7.12 Å². The lowest BCUT2D eigenvalue weighted by molar-refractivity contribution is 0.00578. The van der Waals surface area contributed by atoms with Gasteiger partial charge in [0.2, 0.25) is 0 Å². The van der Waals surface area contributed by atoms with Crippen LogP contribution in [0.15, 0.2) is 24.4 Å². The lowest BCUT2D eigenvalue weighted by Gasteiger charge is -2.32. The predicted molar refractivity (Wildman–Crippen MR) is 96.6 cm³/mol. The molecular formula is C18H26BN3O2. The van der Waals surface area contributed by atoms with Crippen LogP contribution in [0.5, 0.6) is 0 Å². The number of likely N-dealkylation sites (N-methyl/N-ethyl adjacent to an activating group) is 1. The molecule has 0 amide bonds. The molecule has 1 atom stereocenters. The van der Waals surface area contributed by atoms with E-state index in [1.165, 1.54) is 5.39 Å². The van der Waals surface area contributed by atoms with Gasteiger partial charge in [-0.25, -0.2) is 0 Å². The molecule has 2 fully saturated rings. The predicted octanol–water partition coefficient (Wildman–Crippen LogP) is 2.21. The Kier molecular flexibility index (Phi) is 3.57. The topological polar surface area (TPSA) is 39.5 Å². The maximum absolute atomic E-state index is 6.16. The van der Waals surface area contributed by atoms with Crippen molar-refractivity contribution < 1.29 is 9.31 Å². The van der Waals surface area contributed by atoms with Crippen molar-refractivity contribution in [2.24, 2.45) is 0 Å². The fourth-order valence-corrected chi connectivity index (χ4v) is 3.49. The highest BCUT2D eigenvalue weighted by molar-refractivity contribution is 6.62. The molecule has 2 saturated heterocycles. The van der Waals surface area contributed by atoms with Crippen LogP contribution in [0, 0.1) is 0 Å². The monoisotopic (exact) mass is 327 g/mol. The zero-order valence-corrected chi connectivity index (χ0v) is 15.2. The quantitative estimate of drug-likeness (QED) is 0.793. The molecule has 128 valence electrons. The summed E-state index contributed by atoms with van der Waals surface area (Å²) in [6.45, 7) is 10.5. The second-order valence-corrected chi connectivity index (χ2v) is 8.22. The van der Waals surface area contributed by atoms with Gasteiger partial charge in [0.15, 0.2) is 0 Å². The van der Waals surface area contributed by atoms with Gasteiger partial charge in [-0.2, -0.15) is 5.10 Å². The largest absolute Gasteiger partial charge is 0.494 e. The summed E-state index contributed by atoms with van der Waals surface area (Å²) in [4.78, 5) is 2.35. The third kappa shape index (κ3) is 2.57. The van der Waals surface area contributed by atoms with Gasteiger partial charge in [0.25, 0.3) is 0 Å². The van der Waals surface area contributed by atoms with E-state index in [9.17, 15) is 0 Å². The Hall–Kier alpha value is -1.37. The summed E-state index contributed by atoms with van der Waals surface area (Å²) in [5, 5.41) is 5.98. The van der Waals surface area contributed by atoms with E-state index in [0.717, 1.165) is 30.5 Å². The molecular weight excluding hydrogens is 301 g/mol. The van der Waals surface area contributed by atoms with Crippen molar-refractivity contribution in [1.82, 2.24) is 14.7 Å². The van der Waals surface area contributed by atoms with E-state index in [2.05, 4.69) is 68.7 Å². The van der Waals surface area contributed by atoms with Crippen molar-refractivity contribution in [3.05, 3.63) is 24.4 Å². The smallest absolute Gasteiger partial charge is 0.399 e. The highest BCUT2D eigenvalue weighted by atomic mass is 16.7. The number of fused-ring (bicyclic) bond motifs is 1. The molecule has 1 aromatic carbocycles. The summed E-state index contributed by atoms with van der Waals surface area (Å²) in [6.07, 6.45) is 3.32. The SMILES string of the molecule is CN1CC[C@H](n2cc3ccc(B4OC(C)(C)C(C)(C)O4)cc3n2)C1. The minimum Gasteiger partial charge on any atom is -0.399 e. The average Bonchev–Trinajstić information content (AvgIpc) is 3.15. The second kappa shape index (κ2) is 5.31. The van der Waals surface area contributed by atoms with Gasteiger partial charge < -0.3 is 14.2 Å². The van der Waals surface area contributed by atoms with Crippen LogP contribution in [0.4, 0.5) is 0 Å². The highest BCUT2D eigenvalue weighted by Gasteiger charge is 2.51. The van der Waals surface area contributed by atoms with Crippen molar-refractivity contribution in [3.8, 4) is 0 Å². The van der Waals surface area contributed by atoms with Gasteiger partial charge in [-0.3, -0.25) is 4.68 Å². The zero-order chi connectivity index (χ0) is 17.1. The Balaban J connectivity index is 1.62. The van der Waals surface area contributed by atoms with Crippen molar-refractivity contribution >= 4 is 23.5 Å². The molecule has 0 bridgehead atoms. The molecule has 0 spiro atoms. The van der Waals surface area contributed by atoms with Crippen molar-refractivity contribution in [3.63, 3.8) is 0 Å². The van der Waals surface area contributed by atoms with Crippen molar-refractivity contribution in [2.75, 3.05) is 20.1 Å². The first-order valence-corrected chi connectivity index (χ1v) is 8.78. The first kappa shape index (κ1) is 16.1. The highest BCUT2D eigenvalue weighted by Crippen LogP contribution is 2.36. The Morgan fingerprint density at radius 1 is 1.17 bits per heavy atom. The molecule has 2 aliphatic heterocycles. The maximum Gasteiger partial charge on any atom is 0.494 e. The molecule has 2 aliphatic rings. The van der Waals surface area contributed by atoms with Crippen LogP contribution in [-0.4, -0.2) is 53.1 Å². The Morgan fingerprint density at radius 2 is 1.88 bits per heavy atom. The molecule has 1 aromatic heterocycles. The Bertz CT molecular complexity index is 755. The molecule has 4 rings (SSSR count). The Morgan fingerprint density at radius 3 is 2.50 bits per heavy atom. The maximum atomic E-state index is 6.16. The first-order valence-electron chi connectivity index (χ1n) is 8.78. The molecule has 0 N–H and O–H groups in total. The number of aromatic nitrogens is 2. The number of rotatable bonds is 2. The molecule has 0 radical (unpaired) electrons. The lowest BCUT2D eigenvalue weighted by atomic mass is 9.79. The van der Waals surface area contributed by atoms with E-state index in [1.54, 1.807) is 0 Å². The van der Waals surface area contributed by atoms with Crippen LogP contribution in [0.25, 0.3) is 10.9 Å². The molecule has 0 saturated carbocycles. The molecule has 6 heteroatoms. The van der Waals surface area contributed by atoms with Gasteiger partial charge in [0, 0.05) is 18.1 Å². The minimum atomic E-state index is -0.331. The van der Waals surface area contributed by atoms with E-state index in [1.807, 2.05) is 0 Å². The van der Waals surface area contributed by atoms with Crippen molar-refractivity contribution in [1.29, 1.82) is 0 Å². The van der Waals surface area contributed by atoms with Crippen LogP contribution < -0.4 is 5.46 Å².